The predicted octanol–water partition coefficient (Wildman–Crippen LogP) is -2.06. The maximum atomic E-state index is 10.8. The van der Waals surface area contributed by atoms with Crippen LogP contribution >= 0.6 is 0 Å². The van der Waals surface area contributed by atoms with Gasteiger partial charge in [-0.05, 0) is 87.2 Å². The third-order valence-electron chi connectivity index (χ3n) is 10.3. The maximum Gasteiger partial charge on any atom is 1.00 e. The molecule has 4 aromatic carbocycles. The second kappa shape index (κ2) is 25.7. The molecule has 0 amide bonds. The quantitative estimate of drug-likeness (QED) is 0.136. The van der Waals surface area contributed by atoms with Crippen molar-refractivity contribution in [1.29, 1.82) is 0 Å². The summed E-state index contributed by atoms with van der Waals surface area (Å²) in [6.45, 7) is 9.31. The van der Waals surface area contributed by atoms with Gasteiger partial charge in [-0.25, -0.2) is 0 Å². The van der Waals surface area contributed by atoms with E-state index in [-0.39, 0.29) is 72.2 Å². The number of hydrogen-bond donors (Lipinski definition) is 0. The third-order valence-corrected chi connectivity index (χ3v) is 10.3. The second-order valence-corrected chi connectivity index (χ2v) is 14.0. The van der Waals surface area contributed by atoms with Crippen molar-refractivity contribution in [2.45, 2.75) is 37.5 Å². The molecule has 0 bridgehead atoms. The Balaban J connectivity index is 0.000000280. The van der Waals surface area contributed by atoms with Crippen LogP contribution in [0, 0.1) is 0 Å². The van der Waals surface area contributed by atoms with E-state index in [0.29, 0.717) is 11.8 Å². The summed E-state index contributed by atoms with van der Waals surface area (Å²) in [4.78, 5) is 30.6. The Morgan fingerprint density at radius 1 is 0.426 bits per heavy atom. The minimum atomic E-state index is -0.980. The summed E-state index contributed by atoms with van der Waals surface area (Å²) in [6.07, 6.45) is 4.15. The molecule has 8 nitrogen and oxygen atoms in total. The van der Waals surface area contributed by atoms with E-state index in [4.69, 9.17) is 0 Å². The van der Waals surface area contributed by atoms with E-state index in [1.807, 2.05) is 9.80 Å². The Hall–Kier alpha value is -2.34. The Morgan fingerprint density at radius 3 is 0.963 bits per heavy atom. The van der Waals surface area contributed by atoms with E-state index in [1.54, 1.807) is 0 Å². The van der Waals surface area contributed by atoms with E-state index in [9.17, 15) is 19.8 Å². The maximum absolute atomic E-state index is 10.8. The fraction of sp³-hybridized carbons (Fsp3) is 0.409. The van der Waals surface area contributed by atoms with Crippen molar-refractivity contribution in [2.75, 3.05) is 78.5 Å². The van der Waals surface area contributed by atoms with E-state index in [0.717, 1.165) is 91.1 Å². The first-order chi connectivity index (χ1) is 25.4. The van der Waals surface area contributed by atoms with Crippen molar-refractivity contribution in [2.24, 2.45) is 0 Å². The number of carbonyl (C=O) groups excluding carboxylic acids is 2. The molecule has 0 radical (unpaired) electrons. The van der Waals surface area contributed by atoms with Crippen LogP contribution < -0.4 is 69.3 Å². The number of aliphatic carboxylic acids is 2. The zero-order valence-corrected chi connectivity index (χ0v) is 36.4. The molecule has 0 aromatic heterocycles. The molecule has 0 N–H and O–H groups in total. The molecule has 2 aliphatic heterocycles. The van der Waals surface area contributed by atoms with Gasteiger partial charge in [-0.3, -0.25) is 9.80 Å². The molecule has 2 aliphatic rings. The minimum Gasteiger partial charge on any atom is -0.549 e. The summed E-state index contributed by atoms with van der Waals surface area (Å²) in [5.41, 5.74) is 5.42. The van der Waals surface area contributed by atoms with Gasteiger partial charge in [0, 0.05) is 51.1 Å². The van der Waals surface area contributed by atoms with E-state index in [2.05, 4.69) is 131 Å². The van der Waals surface area contributed by atoms with Gasteiger partial charge in [0.25, 0.3) is 0 Å². The molecule has 0 spiro atoms. The molecule has 2 heterocycles. The predicted molar refractivity (Wildman–Crippen MR) is 204 cm³/mol. The molecule has 0 saturated carbocycles. The summed E-state index contributed by atoms with van der Waals surface area (Å²) in [7, 11) is 0. The van der Waals surface area contributed by atoms with Gasteiger partial charge in [0.05, 0.1) is 11.9 Å². The van der Waals surface area contributed by atoms with Gasteiger partial charge in [-0.15, -0.1) is 0 Å². The topological polar surface area (TPSA) is 93.2 Å². The summed E-state index contributed by atoms with van der Waals surface area (Å²) < 4.78 is 0. The number of carboxylic acid groups (broad SMARTS) is 2. The second-order valence-electron chi connectivity index (χ2n) is 14.0. The van der Waals surface area contributed by atoms with Crippen molar-refractivity contribution < 1.29 is 78.9 Å². The van der Waals surface area contributed by atoms with Crippen molar-refractivity contribution in [3.63, 3.8) is 0 Å². The molecule has 0 atom stereocenters. The number of nitrogens with zero attached hydrogens (tertiary/aromatic N) is 4. The van der Waals surface area contributed by atoms with Crippen LogP contribution in [0.2, 0.25) is 0 Å². The summed E-state index contributed by atoms with van der Waals surface area (Å²) in [6, 6.07) is 42.8. The van der Waals surface area contributed by atoms with Gasteiger partial charge in [-0.2, -0.15) is 0 Å². The molecule has 276 valence electrons. The molecule has 2 fully saturated rings. The standard InChI is InChI=1S/2C22H28N2O2.2Na/c2*25-22(26)18-24-14-7-13-23(16-17-24)15-12-21(19-8-3-1-4-9-19)20-10-5-2-6-11-20;;/h2*1-6,8-11,21H,7,12-18H2,(H,25,26);;/q;;2*+1/p-2. The largest absolute Gasteiger partial charge is 1.00 e. The van der Waals surface area contributed by atoms with Gasteiger partial charge in [0.2, 0.25) is 0 Å². The fourth-order valence-electron chi connectivity index (χ4n) is 7.59. The number of benzene rings is 4. The smallest absolute Gasteiger partial charge is 0.549 e. The Bertz CT molecular complexity index is 1400. The van der Waals surface area contributed by atoms with Crippen LogP contribution in [-0.2, 0) is 9.59 Å². The van der Waals surface area contributed by atoms with Crippen LogP contribution in [0.15, 0.2) is 121 Å². The van der Waals surface area contributed by atoms with E-state index in [1.165, 1.54) is 22.3 Å². The minimum absolute atomic E-state index is 0. The molecule has 54 heavy (non-hydrogen) atoms. The summed E-state index contributed by atoms with van der Waals surface area (Å²) in [5.74, 6) is -1.18. The first-order valence-corrected chi connectivity index (χ1v) is 18.9. The first kappa shape index (κ1) is 46.0. The van der Waals surface area contributed by atoms with Gasteiger partial charge in [0.15, 0.2) is 0 Å². The van der Waals surface area contributed by atoms with Crippen molar-refractivity contribution >= 4 is 11.9 Å². The van der Waals surface area contributed by atoms with Gasteiger partial charge >= 0.3 is 59.1 Å². The monoisotopic (exact) mass is 748 g/mol. The van der Waals surface area contributed by atoms with E-state index >= 15 is 0 Å². The van der Waals surface area contributed by atoms with Crippen LogP contribution in [-0.4, -0.2) is 110 Å². The zero-order chi connectivity index (χ0) is 36.4. The molecule has 10 heteroatoms. The first-order valence-electron chi connectivity index (χ1n) is 18.9. The van der Waals surface area contributed by atoms with Crippen molar-refractivity contribution in [3.05, 3.63) is 144 Å². The van der Waals surface area contributed by atoms with Crippen molar-refractivity contribution in [3.8, 4) is 0 Å². The zero-order valence-electron chi connectivity index (χ0n) is 32.4. The van der Waals surface area contributed by atoms with Crippen LogP contribution in [0.3, 0.4) is 0 Å². The van der Waals surface area contributed by atoms with Crippen LogP contribution in [0.5, 0.6) is 0 Å². The molecule has 4 aromatic rings. The molecular weight excluding hydrogens is 694 g/mol. The fourth-order valence-corrected chi connectivity index (χ4v) is 7.59. The van der Waals surface area contributed by atoms with E-state index < -0.39 is 11.9 Å². The average molecular weight is 749 g/mol. The Morgan fingerprint density at radius 2 is 0.685 bits per heavy atom. The van der Waals surface area contributed by atoms with Crippen molar-refractivity contribution in [1.82, 2.24) is 19.6 Å². The van der Waals surface area contributed by atoms with Gasteiger partial charge in [-0.1, -0.05) is 121 Å². The number of carboxylic acids is 2. The summed E-state index contributed by atoms with van der Waals surface area (Å²) >= 11 is 0. The third kappa shape index (κ3) is 16.0. The molecule has 0 unspecified atom stereocenters. The van der Waals surface area contributed by atoms with Crippen LogP contribution in [0.1, 0.15) is 59.8 Å². The number of rotatable bonds is 14. The SMILES string of the molecule is O=C([O-])CN1CCCN(CCC(c2ccccc2)c2ccccc2)CC1.O=C([O-])CN1CCCN(CCC(c2ccccc2)c2ccccc2)CC1.[Na+].[Na+]. The number of hydrogen-bond acceptors (Lipinski definition) is 8. The van der Waals surface area contributed by atoms with Gasteiger partial charge < -0.3 is 29.6 Å². The normalized spacial score (nSPS) is 15.9. The van der Waals surface area contributed by atoms with Crippen LogP contribution in [0.4, 0.5) is 0 Å². The van der Waals surface area contributed by atoms with Gasteiger partial charge in [0.1, 0.15) is 0 Å². The Kier molecular flexibility index (Phi) is 22.0. The van der Waals surface area contributed by atoms with Crippen LogP contribution in [0.25, 0.3) is 0 Å². The average Bonchev–Trinajstić information content (AvgIpc) is 3.53. The Labute approximate surface area is 367 Å². The molecule has 2 saturated heterocycles. The summed E-state index contributed by atoms with van der Waals surface area (Å²) in [5, 5.41) is 21.6. The molecule has 0 aliphatic carbocycles. The number of carbonyl (C=O) groups is 2. The molecular formula is C44H54N4Na2O4. The molecule has 6 rings (SSSR count).